The van der Waals surface area contributed by atoms with E-state index in [1.54, 1.807) is 13.0 Å². The minimum Gasteiger partial charge on any atom is -0.463 e. The number of primary amides is 1. The lowest BCUT2D eigenvalue weighted by Gasteiger charge is -2.27. The predicted molar refractivity (Wildman–Crippen MR) is 76.7 cm³/mol. The van der Waals surface area contributed by atoms with Gasteiger partial charge in [-0.2, -0.15) is 0 Å². The Balaban J connectivity index is 2.02. The van der Waals surface area contributed by atoms with Gasteiger partial charge in [-0.3, -0.25) is 4.79 Å². The molecule has 1 aliphatic carbocycles. The first-order chi connectivity index (χ1) is 9.99. The Hall–Kier alpha value is -2.18. The average Bonchev–Trinajstić information content (AvgIpc) is 2.46. The van der Waals surface area contributed by atoms with Crippen molar-refractivity contribution in [3.05, 3.63) is 17.6 Å². The van der Waals surface area contributed by atoms with Crippen LogP contribution in [0.3, 0.4) is 0 Å². The molecule has 1 aliphatic rings. The molecule has 0 aromatic carbocycles. The number of aromatic nitrogens is 2. The van der Waals surface area contributed by atoms with Gasteiger partial charge in [0.2, 0.25) is 11.7 Å². The number of hydrogen-bond acceptors (Lipinski definition) is 6. The maximum Gasteiger partial charge on any atom is 0.376 e. The van der Waals surface area contributed by atoms with Crippen LogP contribution in [0.2, 0.25) is 0 Å². The molecule has 114 valence electrons. The van der Waals surface area contributed by atoms with Gasteiger partial charge >= 0.3 is 5.97 Å². The summed E-state index contributed by atoms with van der Waals surface area (Å²) in [5, 5.41) is 3.29. The van der Waals surface area contributed by atoms with E-state index in [1.165, 1.54) is 7.11 Å². The quantitative estimate of drug-likeness (QED) is 0.802. The molecule has 1 amide bonds. The Morgan fingerprint density at radius 2 is 1.95 bits per heavy atom. The fraction of sp³-hybridized carbons (Fsp3) is 0.571. The first-order valence-corrected chi connectivity index (χ1v) is 6.99. The van der Waals surface area contributed by atoms with Crippen LogP contribution in [-0.2, 0) is 9.53 Å². The molecular formula is C14H20N4O3. The largest absolute Gasteiger partial charge is 0.463 e. The number of carbonyl (C=O) groups excluding carboxylic acids is 2. The topological polar surface area (TPSA) is 107 Å². The molecule has 1 fully saturated rings. The van der Waals surface area contributed by atoms with Gasteiger partial charge in [0.1, 0.15) is 5.82 Å². The second kappa shape index (κ2) is 6.51. The lowest BCUT2D eigenvalue weighted by Crippen LogP contribution is -2.32. The minimum absolute atomic E-state index is 0.0270. The van der Waals surface area contributed by atoms with Gasteiger partial charge in [-0.05, 0) is 32.6 Å². The molecule has 3 N–H and O–H groups in total. The van der Waals surface area contributed by atoms with E-state index in [0.29, 0.717) is 11.5 Å². The summed E-state index contributed by atoms with van der Waals surface area (Å²) in [6.45, 7) is 1.79. The van der Waals surface area contributed by atoms with E-state index < -0.39 is 5.97 Å². The minimum atomic E-state index is -0.556. The molecule has 0 unspecified atom stereocenters. The highest BCUT2D eigenvalue weighted by Crippen LogP contribution is 2.26. The molecule has 7 heteroatoms. The van der Waals surface area contributed by atoms with Crippen molar-refractivity contribution < 1.29 is 14.3 Å². The summed E-state index contributed by atoms with van der Waals surface area (Å²) in [4.78, 5) is 30.9. The van der Waals surface area contributed by atoms with Crippen LogP contribution < -0.4 is 11.1 Å². The molecule has 0 spiro atoms. The first-order valence-electron chi connectivity index (χ1n) is 6.99. The molecule has 1 aromatic rings. The third-order valence-corrected chi connectivity index (χ3v) is 3.70. The summed E-state index contributed by atoms with van der Waals surface area (Å²) in [6, 6.07) is 2.01. The van der Waals surface area contributed by atoms with Crippen LogP contribution in [0.5, 0.6) is 0 Å². The van der Waals surface area contributed by atoms with Gasteiger partial charge in [-0.15, -0.1) is 0 Å². The van der Waals surface area contributed by atoms with E-state index in [0.717, 1.165) is 25.7 Å². The van der Waals surface area contributed by atoms with Crippen LogP contribution in [0.15, 0.2) is 6.07 Å². The van der Waals surface area contributed by atoms with Crippen LogP contribution in [0.1, 0.15) is 42.0 Å². The van der Waals surface area contributed by atoms with Crippen molar-refractivity contribution >= 4 is 17.7 Å². The van der Waals surface area contributed by atoms with E-state index in [4.69, 9.17) is 5.73 Å². The molecule has 1 aromatic heterocycles. The van der Waals surface area contributed by atoms with Crippen molar-refractivity contribution in [3.63, 3.8) is 0 Å². The number of hydrogen-bond donors (Lipinski definition) is 2. The summed E-state index contributed by atoms with van der Waals surface area (Å²) in [5.74, 6) is -0.157. The van der Waals surface area contributed by atoms with Crippen molar-refractivity contribution in [2.24, 2.45) is 11.7 Å². The smallest absolute Gasteiger partial charge is 0.376 e. The summed E-state index contributed by atoms with van der Waals surface area (Å²) in [5.41, 5.74) is 6.02. The van der Waals surface area contributed by atoms with Gasteiger partial charge in [-0.25, -0.2) is 14.8 Å². The van der Waals surface area contributed by atoms with Gasteiger partial charge in [0.25, 0.3) is 0 Å². The molecule has 0 atom stereocenters. The predicted octanol–water partition coefficient (Wildman–Crippen LogP) is 1.03. The highest BCUT2D eigenvalue weighted by Gasteiger charge is 2.25. The first kappa shape index (κ1) is 15.2. The van der Waals surface area contributed by atoms with E-state index >= 15 is 0 Å². The maximum atomic E-state index is 11.5. The molecule has 2 rings (SSSR count). The number of anilines is 1. The molecule has 0 bridgehead atoms. The van der Waals surface area contributed by atoms with Crippen LogP contribution in [0.4, 0.5) is 5.82 Å². The van der Waals surface area contributed by atoms with Crippen LogP contribution in [-0.4, -0.2) is 35.0 Å². The number of nitrogens with zero attached hydrogens (tertiary/aromatic N) is 2. The molecule has 7 nitrogen and oxygen atoms in total. The second-order valence-electron chi connectivity index (χ2n) is 5.31. The number of nitrogens with two attached hydrogens (primary N) is 1. The standard InChI is InChI=1S/C14H20N4O3/c1-8-7-11(18-13(16-8)14(20)21-2)17-10-5-3-9(4-6-10)12(15)19/h7,9-10H,3-6H2,1-2H3,(H2,15,19)(H,16,17,18). The second-order valence-corrected chi connectivity index (χ2v) is 5.31. The number of rotatable bonds is 4. The van der Waals surface area contributed by atoms with Crippen molar-refractivity contribution in [2.75, 3.05) is 12.4 Å². The van der Waals surface area contributed by atoms with Crippen molar-refractivity contribution in [2.45, 2.75) is 38.6 Å². The molecule has 0 radical (unpaired) electrons. The van der Waals surface area contributed by atoms with E-state index in [-0.39, 0.29) is 23.7 Å². The SMILES string of the molecule is COC(=O)c1nc(C)cc(NC2CCC(C(N)=O)CC2)n1. The van der Waals surface area contributed by atoms with Crippen molar-refractivity contribution in [1.82, 2.24) is 9.97 Å². The molecular weight excluding hydrogens is 272 g/mol. The Morgan fingerprint density at radius 3 is 2.52 bits per heavy atom. The molecule has 0 saturated heterocycles. The Kier molecular flexibility index (Phi) is 4.72. The third-order valence-electron chi connectivity index (χ3n) is 3.70. The number of esters is 1. The van der Waals surface area contributed by atoms with Crippen LogP contribution >= 0.6 is 0 Å². The van der Waals surface area contributed by atoms with Gasteiger partial charge in [-0.1, -0.05) is 0 Å². The number of carbonyl (C=O) groups is 2. The fourth-order valence-electron chi connectivity index (χ4n) is 2.56. The van der Waals surface area contributed by atoms with E-state index in [9.17, 15) is 9.59 Å². The molecule has 1 heterocycles. The fourth-order valence-corrected chi connectivity index (χ4v) is 2.56. The van der Waals surface area contributed by atoms with Gasteiger partial charge < -0.3 is 15.8 Å². The number of aryl methyl sites for hydroxylation is 1. The lowest BCUT2D eigenvalue weighted by molar-refractivity contribution is -0.122. The normalized spacial score (nSPS) is 21.6. The lowest BCUT2D eigenvalue weighted by atomic mass is 9.85. The van der Waals surface area contributed by atoms with Crippen molar-refractivity contribution in [3.8, 4) is 0 Å². The molecule has 21 heavy (non-hydrogen) atoms. The summed E-state index contributed by atoms with van der Waals surface area (Å²) >= 11 is 0. The van der Waals surface area contributed by atoms with Crippen molar-refractivity contribution in [1.29, 1.82) is 0 Å². The monoisotopic (exact) mass is 292 g/mol. The number of amides is 1. The summed E-state index contributed by atoms with van der Waals surface area (Å²) < 4.78 is 4.63. The Labute approximate surface area is 123 Å². The maximum absolute atomic E-state index is 11.5. The third kappa shape index (κ3) is 3.90. The van der Waals surface area contributed by atoms with E-state index in [1.807, 2.05) is 0 Å². The molecule has 0 aliphatic heterocycles. The van der Waals surface area contributed by atoms with Gasteiger partial charge in [0.15, 0.2) is 0 Å². The summed E-state index contributed by atoms with van der Waals surface area (Å²) in [6.07, 6.45) is 3.26. The zero-order valence-electron chi connectivity index (χ0n) is 12.3. The zero-order chi connectivity index (χ0) is 15.4. The van der Waals surface area contributed by atoms with Gasteiger partial charge in [0, 0.05) is 23.7 Å². The highest BCUT2D eigenvalue weighted by molar-refractivity contribution is 5.85. The average molecular weight is 292 g/mol. The summed E-state index contributed by atoms with van der Waals surface area (Å²) in [7, 11) is 1.30. The number of ether oxygens (including phenoxy) is 1. The van der Waals surface area contributed by atoms with E-state index in [2.05, 4.69) is 20.0 Å². The number of nitrogens with one attached hydrogen (secondary N) is 1. The Bertz CT molecular complexity index is 539. The van der Waals surface area contributed by atoms with Crippen LogP contribution in [0, 0.1) is 12.8 Å². The Morgan fingerprint density at radius 1 is 1.29 bits per heavy atom. The zero-order valence-corrected chi connectivity index (χ0v) is 12.3. The number of methoxy groups -OCH3 is 1. The molecule has 1 saturated carbocycles. The van der Waals surface area contributed by atoms with Gasteiger partial charge in [0.05, 0.1) is 7.11 Å². The highest BCUT2D eigenvalue weighted by atomic mass is 16.5. The van der Waals surface area contributed by atoms with Crippen LogP contribution in [0.25, 0.3) is 0 Å².